The number of alkyl halides is 3. The lowest BCUT2D eigenvalue weighted by molar-refractivity contribution is -0.136. The number of carbonyl (C=O) groups excluding carboxylic acids is 1. The van der Waals surface area contributed by atoms with Gasteiger partial charge >= 0.3 is 6.18 Å². The van der Waals surface area contributed by atoms with Gasteiger partial charge in [-0.25, -0.2) is 8.42 Å². The summed E-state index contributed by atoms with van der Waals surface area (Å²) in [5.74, 6) is -0.300. The van der Waals surface area contributed by atoms with Crippen LogP contribution in [0.15, 0.2) is 47.4 Å². The monoisotopic (exact) mass is 414 g/mol. The summed E-state index contributed by atoms with van der Waals surface area (Å²) in [6.45, 7) is 5.15. The topological polar surface area (TPSA) is 75.3 Å². The molecule has 0 fully saturated rings. The van der Waals surface area contributed by atoms with E-state index < -0.39 is 33.4 Å². The zero-order valence-electron chi connectivity index (χ0n) is 15.6. The van der Waals surface area contributed by atoms with Crippen LogP contribution in [-0.4, -0.2) is 14.3 Å². The van der Waals surface area contributed by atoms with Gasteiger partial charge in [0.15, 0.2) is 0 Å². The standard InChI is InChI=1S/C19H21F3N2O3S/c1-4-12(2)14-5-8-16(9-6-14)28(26,27)24-18-10-7-15(23-13(3)25)11-17(18)19(20,21)22/h5-12,24H,4H2,1-3H3,(H,23,25). The van der Waals surface area contributed by atoms with E-state index in [1.165, 1.54) is 18.2 Å². The van der Waals surface area contributed by atoms with Crippen molar-refractivity contribution in [2.24, 2.45) is 0 Å². The molecule has 28 heavy (non-hydrogen) atoms. The summed E-state index contributed by atoms with van der Waals surface area (Å²) in [5, 5.41) is 2.25. The third-order valence-electron chi connectivity index (χ3n) is 4.26. The number of carbonyl (C=O) groups is 1. The molecule has 152 valence electrons. The van der Waals surface area contributed by atoms with Gasteiger partial charge in [-0.3, -0.25) is 9.52 Å². The number of benzene rings is 2. The minimum atomic E-state index is -4.81. The van der Waals surface area contributed by atoms with Crippen LogP contribution < -0.4 is 10.0 Å². The summed E-state index contributed by atoms with van der Waals surface area (Å²) < 4.78 is 67.2. The first-order valence-corrected chi connectivity index (χ1v) is 10.0. The minimum Gasteiger partial charge on any atom is -0.326 e. The van der Waals surface area contributed by atoms with E-state index in [1.54, 1.807) is 12.1 Å². The molecular formula is C19H21F3N2O3S. The van der Waals surface area contributed by atoms with Crippen LogP contribution >= 0.6 is 0 Å². The SMILES string of the molecule is CCC(C)c1ccc(S(=O)(=O)Nc2ccc(NC(C)=O)cc2C(F)(F)F)cc1. The lowest BCUT2D eigenvalue weighted by Crippen LogP contribution is -2.18. The van der Waals surface area contributed by atoms with E-state index in [-0.39, 0.29) is 16.5 Å². The lowest BCUT2D eigenvalue weighted by Gasteiger charge is -2.17. The quantitative estimate of drug-likeness (QED) is 0.700. The maximum atomic E-state index is 13.4. The Labute approximate surface area is 162 Å². The molecule has 2 rings (SSSR count). The van der Waals surface area contributed by atoms with Crippen LogP contribution in [0, 0.1) is 0 Å². The maximum absolute atomic E-state index is 13.4. The van der Waals surface area contributed by atoms with Crippen molar-refractivity contribution in [1.82, 2.24) is 0 Å². The zero-order valence-corrected chi connectivity index (χ0v) is 16.4. The molecular weight excluding hydrogens is 393 g/mol. The van der Waals surface area contributed by atoms with E-state index >= 15 is 0 Å². The van der Waals surface area contributed by atoms with E-state index in [0.29, 0.717) is 6.07 Å². The van der Waals surface area contributed by atoms with Gasteiger partial charge in [0.2, 0.25) is 5.91 Å². The Kier molecular flexibility index (Phi) is 6.38. The van der Waals surface area contributed by atoms with Crippen molar-refractivity contribution in [1.29, 1.82) is 0 Å². The summed E-state index contributed by atoms with van der Waals surface area (Å²) in [6.07, 6.45) is -3.94. The number of amides is 1. The van der Waals surface area contributed by atoms with E-state index in [1.807, 2.05) is 18.6 Å². The number of hydrogen-bond acceptors (Lipinski definition) is 3. The molecule has 1 atom stereocenters. The highest BCUT2D eigenvalue weighted by Gasteiger charge is 2.35. The number of halogens is 3. The first-order valence-electron chi connectivity index (χ1n) is 8.55. The average Bonchev–Trinajstić information content (AvgIpc) is 2.61. The zero-order chi connectivity index (χ0) is 21.1. The van der Waals surface area contributed by atoms with Crippen molar-refractivity contribution in [3.05, 3.63) is 53.6 Å². The molecule has 5 nitrogen and oxygen atoms in total. The van der Waals surface area contributed by atoms with Crippen molar-refractivity contribution in [2.45, 2.75) is 44.2 Å². The van der Waals surface area contributed by atoms with E-state index in [4.69, 9.17) is 0 Å². The van der Waals surface area contributed by atoms with Gasteiger partial charge in [0.05, 0.1) is 16.1 Å². The summed E-state index contributed by atoms with van der Waals surface area (Å²) in [6, 6.07) is 8.87. The van der Waals surface area contributed by atoms with Gasteiger partial charge in [0.1, 0.15) is 0 Å². The number of anilines is 2. The smallest absolute Gasteiger partial charge is 0.326 e. The Hall–Kier alpha value is -2.55. The van der Waals surface area contributed by atoms with Gasteiger partial charge in [-0.2, -0.15) is 13.2 Å². The van der Waals surface area contributed by atoms with E-state index in [9.17, 15) is 26.4 Å². The molecule has 0 saturated carbocycles. The largest absolute Gasteiger partial charge is 0.418 e. The summed E-state index contributed by atoms with van der Waals surface area (Å²) in [4.78, 5) is 10.9. The summed E-state index contributed by atoms with van der Waals surface area (Å²) in [7, 11) is -4.22. The maximum Gasteiger partial charge on any atom is 0.418 e. The Balaban J connectivity index is 2.38. The van der Waals surface area contributed by atoms with Crippen LogP contribution in [0.25, 0.3) is 0 Å². The van der Waals surface area contributed by atoms with Gasteiger partial charge in [0, 0.05) is 12.6 Å². The Morgan fingerprint density at radius 1 is 1.11 bits per heavy atom. The molecule has 0 radical (unpaired) electrons. The fourth-order valence-corrected chi connectivity index (χ4v) is 3.64. The number of sulfonamides is 1. The van der Waals surface area contributed by atoms with Gasteiger partial charge in [-0.1, -0.05) is 26.0 Å². The molecule has 1 amide bonds. The fourth-order valence-electron chi connectivity index (χ4n) is 2.56. The van der Waals surface area contributed by atoms with Crippen molar-refractivity contribution < 1.29 is 26.4 Å². The van der Waals surface area contributed by atoms with Gasteiger partial charge < -0.3 is 5.32 Å². The molecule has 0 saturated heterocycles. The number of rotatable bonds is 6. The highest BCUT2D eigenvalue weighted by atomic mass is 32.2. The molecule has 0 heterocycles. The molecule has 2 N–H and O–H groups in total. The predicted octanol–water partition coefficient (Wildman–Crippen LogP) is 4.98. The molecule has 2 aromatic carbocycles. The molecule has 1 unspecified atom stereocenters. The van der Waals surface area contributed by atoms with Crippen LogP contribution in [-0.2, 0) is 21.0 Å². The minimum absolute atomic E-state index is 0.0827. The molecule has 0 bridgehead atoms. The molecule has 0 spiro atoms. The molecule has 0 aliphatic carbocycles. The second-order valence-electron chi connectivity index (χ2n) is 6.42. The molecule has 2 aromatic rings. The van der Waals surface area contributed by atoms with Crippen molar-refractivity contribution in [3.63, 3.8) is 0 Å². The van der Waals surface area contributed by atoms with E-state index in [2.05, 4.69) is 5.32 Å². The van der Waals surface area contributed by atoms with Gasteiger partial charge in [0.25, 0.3) is 10.0 Å². The fraction of sp³-hybridized carbons (Fsp3) is 0.316. The molecule has 9 heteroatoms. The Bertz CT molecular complexity index is 955. The van der Waals surface area contributed by atoms with Crippen LogP contribution in [0.4, 0.5) is 24.5 Å². The normalized spacial score (nSPS) is 13.1. The van der Waals surface area contributed by atoms with Crippen molar-refractivity contribution in [2.75, 3.05) is 10.0 Å². The number of nitrogens with one attached hydrogen (secondary N) is 2. The average molecular weight is 414 g/mol. The highest BCUT2D eigenvalue weighted by molar-refractivity contribution is 7.92. The summed E-state index contributed by atoms with van der Waals surface area (Å²) >= 11 is 0. The van der Waals surface area contributed by atoms with Crippen molar-refractivity contribution >= 4 is 27.3 Å². The van der Waals surface area contributed by atoms with Gasteiger partial charge in [-0.15, -0.1) is 0 Å². The highest BCUT2D eigenvalue weighted by Crippen LogP contribution is 2.37. The van der Waals surface area contributed by atoms with Crippen LogP contribution in [0.2, 0.25) is 0 Å². The third-order valence-corrected chi connectivity index (χ3v) is 5.64. The molecule has 0 aliphatic heterocycles. The van der Waals surface area contributed by atoms with Gasteiger partial charge in [-0.05, 0) is 48.2 Å². The Morgan fingerprint density at radius 2 is 1.71 bits per heavy atom. The van der Waals surface area contributed by atoms with Crippen molar-refractivity contribution in [3.8, 4) is 0 Å². The third kappa shape index (κ3) is 5.25. The van der Waals surface area contributed by atoms with E-state index in [0.717, 1.165) is 25.0 Å². The first-order chi connectivity index (χ1) is 12.9. The molecule has 0 aliphatic rings. The Morgan fingerprint density at radius 3 is 2.21 bits per heavy atom. The molecule has 0 aromatic heterocycles. The van der Waals surface area contributed by atoms with Crippen LogP contribution in [0.3, 0.4) is 0 Å². The lowest BCUT2D eigenvalue weighted by atomic mass is 9.99. The number of hydrogen-bond donors (Lipinski definition) is 2. The second-order valence-corrected chi connectivity index (χ2v) is 8.11. The first kappa shape index (κ1) is 21.7. The van der Waals surface area contributed by atoms with Crippen LogP contribution in [0.5, 0.6) is 0 Å². The summed E-state index contributed by atoms with van der Waals surface area (Å²) in [5.41, 5.74) is -0.955. The van der Waals surface area contributed by atoms with Crippen LogP contribution in [0.1, 0.15) is 44.2 Å². The predicted molar refractivity (Wildman–Crippen MR) is 102 cm³/mol. The second kappa shape index (κ2) is 8.22.